The van der Waals surface area contributed by atoms with E-state index in [2.05, 4.69) is 31.0 Å². The smallest absolute Gasteiger partial charge is 0.0797 e. The van der Waals surface area contributed by atoms with Crippen LogP contribution in [0.3, 0.4) is 0 Å². The van der Waals surface area contributed by atoms with Crippen molar-refractivity contribution in [1.82, 2.24) is 5.32 Å². The van der Waals surface area contributed by atoms with Gasteiger partial charge in [-0.25, -0.2) is 0 Å². The molecule has 1 atom stereocenters. The number of ether oxygens (including phenoxy) is 1. The molecule has 0 fully saturated rings. The maximum absolute atomic E-state index is 5.68. The minimum Gasteiger partial charge on any atom is -0.373 e. The van der Waals surface area contributed by atoms with Crippen LogP contribution in [0.25, 0.3) is 0 Å². The van der Waals surface area contributed by atoms with Gasteiger partial charge in [0, 0.05) is 13.1 Å². The number of hydrogen-bond acceptors (Lipinski definition) is 2. The van der Waals surface area contributed by atoms with Gasteiger partial charge in [-0.2, -0.15) is 0 Å². The van der Waals surface area contributed by atoms with Crippen molar-refractivity contribution in [3.05, 3.63) is 48.6 Å². The van der Waals surface area contributed by atoms with Gasteiger partial charge >= 0.3 is 0 Å². The Bertz CT molecular complexity index is 271. The lowest BCUT2D eigenvalue weighted by Crippen LogP contribution is -2.20. The maximum atomic E-state index is 5.68. The molecule has 0 bridgehead atoms. The summed E-state index contributed by atoms with van der Waals surface area (Å²) in [7, 11) is 0. The highest BCUT2D eigenvalue weighted by atomic mass is 16.5. The van der Waals surface area contributed by atoms with E-state index in [0.29, 0.717) is 0 Å². The highest BCUT2D eigenvalue weighted by Crippen LogP contribution is 2.14. The van der Waals surface area contributed by atoms with E-state index in [1.807, 2.05) is 24.3 Å². The average molecular weight is 205 g/mol. The Morgan fingerprint density at radius 3 is 2.80 bits per heavy atom. The van der Waals surface area contributed by atoms with Gasteiger partial charge in [0.25, 0.3) is 0 Å². The van der Waals surface area contributed by atoms with Crippen LogP contribution in [0.2, 0.25) is 0 Å². The van der Waals surface area contributed by atoms with Crippen molar-refractivity contribution in [2.45, 2.75) is 13.0 Å². The molecule has 15 heavy (non-hydrogen) atoms. The van der Waals surface area contributed by atoms with Crippen molar-refractivity contribution in [3.63, 3.8) is 0 Å². The largest absolute Gasteiger partial charge is 0.373 e. The molecule has 0 radical (unpaired) electrons. The molecule has 1 rings (SSSR count). The Balaban J connectivity index is 2.19. The van der Waals surface area contributed by atoms with Crippen LogP contribution in [-0.4, -0.2) is 19.7 Å². The summed E-state index contributed by atoms with van der Waals surface area (Å²) in [6, 6.07) is 10.3. The number of benzene rings is 1. The average Bonchev–Trinajstić information content (AvgIpc) is 2.30. The molecule has 0 aliphatic carbocycles. The van der Waals surface area contributed by atoms with Gasteiger partial charge in [0.2, 0.25) is 0 Å². The van der Waals surface area contributed by atoms with Crippen molar-refractivity contribution in [3.8, 4) is 0 Å². The van der Waals surface area contributed by atoms with Gasteiger partial charge in [-0.3, -0.25) is 0 Å². The van der Waals surface area contributed by atoms with Crippen molar-refractivity contribution in [1.29, 1.82) is 0 Å². The van der Waals surface area contributed by atoms with E-state index < -0.39 is 0 Å². The molecule has 1 aromatic carbocycles. The van der Waals surface area contributed by atoms with E-state index in [-0.39, 0.29) is 6.10 Å². The van der Waals surface area contributed by atoms with E-state index in [4.69, 9.17) is 4.74 Å². The van der Waals surface area contributed by atoms with Crippen LogP contribution >= 0.6 is 0 Å². The number of rotatable bonds is 7. The molecule has 0 spiro atoms. The third-order valence-electron chi connectivity index (χ3n) is 2.20. The summed E-state index contributed by atoms with van der Waals surface area (Å²) >= 11 is 0. The van der Waals surface area contributed by atoms with Crippen molar-refractivity contribution >= 4 is 0 Å². The highest BCUT2D eigenvalue weighted by Gasteiger charge is 2.03. The fourth-order valence-electron chi connectivity index (χ4n) is 1.33. The molecule has 82 valence electrons. The van der Waals surface area contributed by atoms with Crippen LogP contribution < -0.4 is 5.32 Å². The quantitative estimate of drug-likeness (QED) is 0.545. The van der Waals surface area contributed by atoms with Gasteiger partial charge in [0.05, 0.1) is 12.7 Å². The lowest BCUT2D eigenvalue weighted by atomic mass is 10.1. The molecule has 0 aromatic heterocycles. The second-order valence-corrected chi connectivity index (χ2v) is 3.42. The van der Waals surface area contributed by atoms with E-state index in [9.17, 15) is 0 Å². The van der Waals surface area contributed by atoms with Gasteiger partial charge in [-0.05, 0) is 12.5 Å². The second kappa shape index (κ2) is 7.21. The van der Waals surface area contributed by atoms with Crippen LogP contribution in [0.4, 0.5) is 0 Å². The van der Waals surface area contributed by atoms with Crippen LogP contribution in [0.15, 0.2) is 43.0 Å². The summed E-state index contributed by atoms with van der Waals surface area (Å²) in [5, 5.41) is 3.20. The van der Waals surface area contributed by atoms with Crippen molar-refractivity contribution < 1.29 is 4.74 Å². The summed E-state index contributed by atoms with van der Waals surface area (Å²) in [6.45, 7) is 8.14. The normalized spacial score (nSPS) is 12.3. The molecule has 1 aromatic rings. The molecule has 0 saturated carbocycles. The topological polar surface area (TPSA) is 21.3 Å². The third kappa shape index (κ3) is 4.77. The van der Waals surface area contributed by atoms with Crippen LogP contribution in [-0.2, 0) is 4.74 Å². The Hall–Kier alpha value is -1.12. The Kier molecular flexibility index (Phi) is 5.74. The van der Waals surface area contributed by atoms with E-state index >= 15 is 0 Å². The van der Waals surface area contributed by atoms with Crippen LogP contribution in [0.1, 0.15) is 18.6 Å². The van der Waals surface area contributed by atoms with Gasteiger partial charge in [0.1, 0.15) is 0 Å². The molecule has 0 aliphatic heterocycles. The molecule has 1 N–H and O–H groups in total. The fourth-order valence-corrected chi connectivity index (χ4v) is 1.33. The van der Waals surface area contributed by atoms with Gasteiger partial charge in [-0.1, -0.05) is 36.4 Å². The minimum atomic E-state index is 0.164. The van der Waals surface area contributed by atoms with Crippen LogP contribution in [0.5, 0.6) is 0 Å². The zero-order valence-electron chi connectivity index (χ0n) is 9.28. The number of hydrogen-bond donors (Lipinski definition) is 1. The first-order chi connectivity index (χ1) is 7.34. The monoisotopic (exact) mass is 205 g/mol. The van der Waals surface area contributed by atoms with E-state index in [1.54, 1.807) is 0 Å². The highest BCUT2D eigenvalue weighted by molar-refractivity contribution is 5.16. The number of nitrogens with one attached hydrogen (secondary N) is 1. The molecular formula is C13H19NO. The predicted molar refractivity (Wildman–Crippen MR) is 63.9 cm³/mol. The molecule has 2 nitrogen and oxygen atoms in total. The molecule has 0 amide bonds. The maximum Gasteiger partial charge on any atom is 0.0797 e. The predicted octanol–water partition coefficient (Wildman–Crippen LogP) is 2.54. The van der Waals surface area contributed by atoms with Crippen LogP contribution in [0, 0.1) is 0 Å². The van der Waals surface area contributed by atoms with Gasteiger partial charge in [-0.15, -0.1) is 6.58 Å². The zero-order valence-corrected chi connectivity index (χ0v) is 9.28. The van der Waals surface area contributed by atoms with Gasteiger partial charge < -0.3 is 10.1 Å². The molecular weight excluding hydrogens is 186 g/mol. The molecule has 0 aliphatic rings. The summed E-state index contributed by atoms with van der Waals surface area (Å²) in [4.78, 5) is 0. The first kappa shape index (κ1) is 12.0. The molecule has 0 saturated heterocycles. The second-order valence-electron chi connectivity index (χ2n) is 3.42. The lowest BCUT2D eigenvalue weighted by molar-refractivity contribution is 0.0682. The Labute approximate surface area is 92.0 Å². The van der Waals surface area contributed by atoms with Crippen molar-refractivity contribution in [2.75, 3.05) is 19.7 Å². The van der Waals surface area contributed by atoms with Gasteiger partial charge in [0.15, 0.2) is 0 Å². The fraction of sp³-hybridized carbons (Fsp3) is 0.385. The Morgan fingerprint density at radius 1 is 1.40 bits per heavy atom. The Morgan fingerprint density at radius 2 is 2.13 bits per heavy atom. The summed E-state index contributed by atoms with van der Waals surface area (Å²) in [5.41, 5.74) is 1.22. The minimum absolute atomic E-state index is 0.164. The lowest BCUT2D eigenvalue weighted by Gasteiger charge is -2.13. The van der Waals surface area contributed by atoms with E-state index in [1.165, 1.54) is 5.56 Å². The summed E-state index contributed by atoms with van der Waals surface area (Å²) < 4.78 is 5.68. The SMILES string of the molecule is C=CCNCCOC(C)c1ccccc1. The summed E-state index contributed by atoms with van der Waals surface area (Å²) in [5.74, 6) is 0. The third-order valence-corrected chi connectivity index (χ3v) is 2.20. The molecule has 0 heterocycles. The summed E-state index contributed by atoms with van der Waals surface area (Å²) in [6.07, 6.45) is 2.01. The van der Waals surface area contributed by atoms with Crippen molar-refractivity contribution in [2.24, 2.45) is 0 Å². The molecule has 1 unspecified atom stereocenters. The first-order valence-corrected chi connectivity index (χ1v) is 5.32. The van der Waals surface area contributed by atoms with E-state index in [0.717, 1.165) is 19.7 Å². The zero-order chi connectivity index (χ0) is 10.9. The first-order valence-electron chi connectivity index (χ1n) is 5.32. The standard InChI is InChI=1S/C13H19NO/c1-3-9-14-10-11-15-12(2)13-7-5-4-6-8-13/h3-8,12,14H,1,9-11H2,2H3. The molecule has 2 heteroatoms.